The number of aliphatic hydroxyl groups is 1. The van der Waals surface area contributed by atoms with Gasteiger partial charge in [-0.3, -0.25) is 4.79 Å². The van der Waals surface area contributed by atoms with E-state index in [0.29, 0.717) is 25.9 Å². The number of aliphatic hydroxyl groups excluding tert-OH is 1. The van der Waals surface area contributed by atoms with Crippen molar-refractivity contribution in [2.24, 2.45) is 5.92 Å². The maximum Gasteiger partial charge on any atom is 0.229 e. The Bertz CT molecular complexity index is 607. The van der Waals surface area contributed by atoms with Gasteiger partial charge >= 0.3 is 0 Å². The minimum absolute atomic E-state index is 0.204. The summed E-state index contributed by atoms with van der Waals surface area (Å²) < 4.78 is 12.5. The molecule has 1 heterocycles. The summed E-state index contributed by atoms with van der Waals surface area (Å²) >= 11 is 0. The molecular weight excluding hydrogens is 404 g/mol. The average molecular weight is 453 g/mol. The van der Waals surface area contributed by atoms with E-state index in [4.69, 9.17) is 9.16 Å². The van der Waals surface area contributed by atoms with Crippen LogP contribution in [-0.2, 0) is 14.0 Å². The lowest BCUT2D eigenvalue weighted by Gasteiger charge is -2.28. The van der Waals surface area contributed by atoms with Gasteiger partial charge in [-0.25, -0.2) is 0 Å². The molecule has 0 aliphatic carbocycles. The van der Waals surface area contributed by atoms with Crippen molar-refractivity contribution >= 4 is 14.8 Å². The number of Topliss-reactive ketones (excluding diaryl/α,β-unsaturated/α-hetero) is 1. The number of ether oxygens (including phenoxy) is 1. The summed E-state index contributed by atoms with van der Waals surface area (Å²) in [6.07, 6.45) is 10.7. The Labute approximate surface area is 193 Å². The van der Waals surface area contributed by atoms with E-state index in [2.05, 4.69) is 46.9 Å². The summed E-state index contributed by atoms with van der Waals surface area (Å²) in [5, 5.41) is 10.4. The third-order valence-corrected chi connectivity index (χ3v) is 7.08. The summed E-state index contributed by atoms with van der Waals surface area (Å²) in [6, 6.07) is 0. The normalized spacial score (nSPS) is 23.3. The highest BCUT2D eigenvalue weighted by molar-refractivity contribution is 6.48. The van der Waals surface area contributed by atoms with Crippen LogP contribution < -0.4 is 0 Å². The maximum atomic E-state index is 12.9. The molecule has 4 nitrogen and oxygen atoms in total. The molecule has 1 saturated heterocycles. The Balaban J connectivity index is 2.71. The molecule has 0 radical (unpaired) electrons. The van der Waals surface area contributed by atoms with Gasteiger partial charge in [0.1, 0.15) is 5.60 Å². The summed E-state index contributed by atoms with van der Waals surface area (Å²) in [5.41, 5.74) is 1.70. The van der Waals surface area contributed by atoms with Gasteiger partial charge in [0, 0.05) is 12.8 Å². The molecule has 180 valence electrons. The number of carbonyl (C=O) groups excluding carboxylic acids is 1. The molecule has 2 unspecified atom stereocenters. The van der Waals surface area contributed by atoms with E-state index in [-0.39, 0.29) is 17.8 Å². The predicted octanol–water partition coefficient (Wildman–Crippen LogP) is 6.48. The monoisotopic (exact) mass is 452 g/mol. The Hall–Kier alpha value is -0.913. The lowest BCUT2D eigenvalue weighted by Crippen LogP contribution is -2.37. The summed E-state index contributed by atoms with van der Waals surface area (Å²) in [5.74, 6) is 1.52. The maximum absolute atomic E-state index is 12.9. The summed E-state index contributed by atoms with van der Waals surface area (Å²) in [7, 11) is -1.19. The molecule has 0 amide bonds. The number of unbranched alkanes of at least 4 members (excludes halogenated alkanes) is 2. The van der Waals surface area contributed by atoms with Crippen molar-refractivity contribution in [1.82, 2.24) is 0 Å². The van der Waals surface area contributed by atoms with Crippen LogP contribution >= 0.6 is 0 Å². The molecule has 3 atom stereocenters. The highest BCUT2D eigenvalue weighted by atomic mass is 28.3. The van der Waals surface area contributed by atoms with E-state index in [1.807, 2.05) is 6.92 Å². The SMILES string of the molecule is CCCCC/C(O[SiH](C)C)=C1\CCC(=O)[C@](C)(CCCC(C)C(O)CC=C(C)C)OC1. The second kappa shape index (κ2) is 14.3. The fraction of sp³-hybridized carbons (Fsp3) is 0.808. The first-order valence-corrected chi connectivity index (χ1v) is 15.2. The van der Waals surface area contributed by atoms with E-state index in [9.17, 15) is 9.90 Å². The van der Waals surface area contributed by atoms with Gasteiger partial charge in [-0.05, 0) is 83.9 Å². The summed E-state index contributed by atoms with van der Waals surface area (Å²) in [4.78, 5) is 12.9. The van der Waals surface area contributed by atoms with Gasteiger partial charge in [0.15, 0.2) is 5.78 Å². The number of hydrogen-bond donors (Lipinski definition) is 1. The largest absolute Gasteiger partial charge is 0.550 e. The molecule has 1 N–H and O–H groups in total. The zero-order valence-corrected chi connectivity index (χ0v) is 22.4. The average Bonchev–Trinajstić information content (AvgIpc) is 2.84. The molecule has 31 heavy (non-hydrogen) atoms. The van der Waals surface area contributed by atoms with Crippen molar-refractivity contribution in [3.8, 4) is 0 Å². The van der Waals surface area contributed by atoms with Gasteiger partial charge < -0.3 is 14.3 Å². The number of rotatable bonds is 13. The van der Waals surface area contributed by atoms with Crippen LogP contribution in [-0.4, -0.2) is 38.2 Å². The smallest absolute Gasteiger partial charge is 0.229 e. The highest BCUT2D eigenvalue weighted by Gasteiger charge is 2.36. The lowest BCUT2D eigenvalue weighted by atomic mass is 9.88. The number of hydrogen-bond acceptors (Lipinski definition) is 4. The van der Waals surface area contributed by atoms with Crippen molar-refractivity contribution in [3.63, 3.8) is 0 Å². The standard InChI is InChI=1S/C26H48O4Si/c1-8-9-10-13-24(30-31(6)7)22-15-17-25(28)26(5,29-19-22)18-11-12-21(4)23(27)16-14-20(2)3/h14,21,23,27,31H,8-13,15-19H2,1-7H3/b24-22-/t21?,23?,26-/m0/s1. The van der Waals surface area contributed by atoms with Crippen LogP contribution in [0.3, 0.4) is 0 Å². The van der Waals surface area contributed by atoms with Gasteiger partial charge in [-0.15, -0.1) is 0 Å². The first-order valence-electron chi connectivity index (χ1n) is 12.4. The fourth-order valence-corrected chi connectivity index (χ4v) is 4.89. The topological polar surface area (TPSA) is 55.8 Å². The van der Waals surface area contributed by atoms with Gasteiger partial charge in [-0.1, -0.05) is 38.3 Å². The van der Waals surface area contributed by atoms with Crippen molar-refractivity contribution in [2.75, 3.05) is 6.61 Å². The quantitative estimate of drug-likeness (QED) is 0.150. The Morgan fingerprint density at radius 3 is 2.58 bits per heavy atom. The molecule has 0 saturated carbocycles. The lowest BCUT2D eigenvalue weighted by molar-refractivity contribution is -0.140. The van der Waals surface area contributed by atoms with Gasteiger partial charge in [0.05, 0.1) is 18.5 Å². The first-order chi connectivity index (χ1) is 14.6. The third kappa shape index (κ3) is 10.5. The molecule has 0 bridgehead atoms. The van der Waals surface area contributed by atoms with Crippen LogP contribution in [0.15, 0.2) is 23.0 Å². The van der Waals surface area contributed by atoms with Crippen LogP contribution in [0.1, 0.15) is 98.8 Å². The van der Waals surface area contributed by atoms with Crippen molar-refractivity contribution in [2.45, 2.75) is 124 Å². The molecule has 0 aromatic heterocycles. The van der Waals surface area contributed by atoms with Crippen molar-refractivity contribution in [3.05, 3.63) is 23.0 Å². The van der Waals surface area contributed by atoms with E-state index in [1.54, 1.807) is 0 Å². The van der Waals surface area contributed by atoms with Crippen LogP contribution in [0.5, 0.6) is 0 Å². The molecule has 1 aliphatic rings. The zero-order chi connectivity index (χ0) is 23.4. The number of ketones is 1. The van der Waals surface area contributed by atoms with Crippen molar-refractivity contribution in [1.29, 1.82) is 0 Å². The second-order valence-electron chi connectivity index (χ2n) is 10.0. The zero-order valence-electron chi connectivity index (χ0n) is 21.3. The van der Waals surface area contributed by atoms with E-state index in [0.717, 1.165) is 37.9 Å². The fourth-order valence-electron chi connectivity index (χ4n) is 4.04. The number of allylic oxidation sites excluding steroid dienone is 2. The molecule has 0 aromatic rings. The third-order valence-electron chi connectivity index (χ3n) is 6.33. The van der Waals surface area contributed by atoms with E-state index in [1.165, 1.54) is 24.0 Å². The minimum Gasteiger partial charge on any atom is -0.550 e. The van der Waals surface area contributed by atoms with Gasteiger partial charge in [0.25, 0.3) is 0 Å². The molecule has 1 aliphatic heterocycles. The number of carbonyl (C=O) groups is 1. The van der Waals surface area contributed by atoms with Crippen LogP contribution in [0.25, 0.3) is 0 Å². The van der Waals surface area contributed by atoms with Gasteiger partial charge in [0.2, 0.25) is 9.04 Å². The van der Waals surface area contributed by atoms with Crippen LogP contribution in [0.2, 0.25) is 13.1 Å². The summed E-state index contributed by atoms with van der Waals surface area (Å²) in [6.45, 7) is 15.3. The Kier molecular flexibility index (Phi) is 13.0. The Morgan fingerprint density at radius 2 is 1.97 bits per heavy atom. The molecular formula is C26H48O4Si. The second-order valence-corrected chi connectivity index (χ2v) is 12.4. The highest BCUT2D eigenvalue weighted by Crippen LogP contribution is 2.31. The van der Waals surface area contributed by atoms with Gasteiger partial charge in [-0.2, -0.15) is 0 Å². The molecule has 5 heteroatoms. The van der Waals surface area contributed by atoms with Crippen molar-refractivity contribution < 1.29 is 19.1 Å². The molecule has 1 fully saturated rings. The molecule has 1 rings (SSSR count). The van der Waals surface area contributed by atoms with Crippen LogP contribution in [0, 0.1) is 5.92 Å². The molecule has 0 spiro atoms. The van der Waals surface area contributed by atoms with Crippen LogP contribution in [0.4, 0.5) is 0 Å². The molecule has 0 aromatic carbocycles. The van der Waals surface area contributed by atoms with E-state index >= 15 is 0 Å². The minimum atomic E-state index is -1.19. The predicted molar refractivity (Wildman–Crippen MR) is 133 cm³/mol. The van der Waals surface area contributed by atoms with E-state index < -0.39 is 14.6 Å². The first kappa shape index (κ1) is 28.1. The Morgan fingerprint density at radius 1 is 1.26 bits per heavy atom.